The molecular formula is C18H21ClN2O2. The summed E-state index contributed by atoms with van der Waals surface area (Å²) in [5.41, 5.74) is 1.12. The first-order chi connectivity index (χ1) is 11.2. The molecule has 4 nitrogen and oxygen atoms in total. The minimum Gasteiger partial charge on any atom is -0.467 e. The molecule has 2 heterocycles. The van der Waals surface area contributed by atoms with E-state index >= 15 is 0 Å². The summed E-state index contributed by atoms with van der Waals surface area (Å²) in [7, 11) is 0. The fourth-order valence-corrected chi connectivity index (χ4v) is 3.21. The molecule has 0 spiro atoms. The molecule has 1 aliphatic rings. The van der Waals surface area contributed by atoms with Crippen molar-refractivity contribution in [2.45, 2.75) is 25.9 Å². The van der Waals surface area contributed by atoms with Crippen molar-refractivity contribution < 1.29 is 9.21 Å². The summed E-state index contributed by atoms with van der Waals surface area (Å²) in [5.74, 6) is 0.911. The molecule has 1 N–H and O–H groups in total. The van der Waals surface area contributed by atoms with Crippen molar-refractivity contribution in [2.24, 2.45) is 5.92 Å². The lowest BCUT2D eigenvalue weighted by atomic mass is 9.96. The fourth-order valence-electron chi connectivity index (χ4n) is 3.01. The average molecular weight is 333 g/mol. The van der Waals surface area contributed by atoms with E-state index < -0.39 is 0 Å². The van der Waals surface area contributed by atoms with Gasteiger partial charge in [0.1, 0.15) is 5.76 Å². The topological polar surface area (TPSA) is 45.5 Å². The molecule has 0 aliphatic carbocycles. The molecule has 0 bridgehead atoms. The highest BCUT2D eigenvalue weighted by molar-refractivity contribution is 6.31. The van der Waals surface area contributed by atoms with Crippen molar-refractivity contribution in [3.8, 4) is 0 Å². The molecule has 0 saturated carbocycles. The van der Waals surface area contributed by atoms with E-state index in [1.807, 2.05) is 36.4 Å². The number of benzene rings is 1. The Morgan fingerprint density at radius 3 is 2.96 bits per heavy atom. The monoisotopic (exact) mass is 332 g/mol. The van der Waals surface area contributed by atoms with Gasteiger partial charge in [0.15, 0.2) is 0 Å². The van der Waals surface area contributed by atoms with E-state index in [9.17, 15) is 4.79 Å². The number of nitrogens with one attached hydrogen (secondary N) is 1. The summed E-state index contributed by atoms with van der Waals surface area (Å²) >= 11 is 6.23. The number of halogens is 1. The predicted octanol–water partition coefficient (Wildman–Crippen LogP) is 3.46. The van der Waals surface area contributed by atoms with Crippen LogP contribution in [0.25, 0.3) is 0 Å². The number of furan rings is 1. The van der Waals surface area contributed by atoms with Crippen LogP contribution < -0.4 is 5.32 Å². The maximum atomic E-state index is 12.4. The Morgan fingerprint density at radius 1 is 1.30 bits per heavy atom. The second-order valence-corrected chi connectivity index (χ2v) is 6.37. The van der Waals surface area contributed by atoms with Crippen molar-refractivity contribution in [2.75, 3.05) is 13.1 Å². The molecule has 2 aromatic rings. The molecule has 3 rings (SSSR count). The minimum absolute atomic E-state index is 0.0289. The summed E-state index contributed by atoms with van der Waals surface area (Å²) in [6.45, 7) is 3.02. The Labute approximate surface area is 141 Å². The number of carbonyl (C=O) groups is 1. The van der Waals surface area contributed by atoms with Crippen LogP contribution in [-0.4, -0.2) is 23.9 Å². The number of likely N-dealkylation sites (tertiary alicyclic amines) is 1. The van der Waals surface area contributed by atoms with Crippen molar-refractivity contribution >= 4 is 17.5 Å². The standard InChI is InChI=1S/C18H21ClN2O2/c19-17-8-2-1-5-14(17)12-21-9-3-6-15(13-21)18(22)20-11-16-7-4-10-23-16/h1-2,4-5,7-8,10,15H,3,6,9,11-13H2,(H,20,22). The molecule has 1 fully saturated rings. The van der Waals surface area contributed by atoms with Gasteiger partial charge in [0.25, 0.3) is 0 Å². The number of rotatable bonds is 5. The number of carbonyl (C=O) groups excluding carboxylic acids is 1. The number of hydrogen-bond acceptors (Lipinski definition) is 3. The Hall–Kier alpha value is -1.78. The third-order valence-corrected chi connectivity index (χ3v) is 4.61. The molecule has 1 atom stereocenters. The van der Waals surface area contributed by atoms with Gasteiger partial charge in [0.05, 0.1) is 18.7 Å². The number of amides is 1. The van der Waals surface area contributed by atoms with E-state index in [0.29, 0.717) is 6.54 Å². The molecule has 0 radical (unpaired) electrons. The van der Waals surface area contributed by atoms with Gasteiger partial charge in [-0.25, -0.2) is 0 Å². The van der Waals surface area contributed by atoms with Crippen LogP contribution in [0.5, 0.6) is 0 Å². The maximum absolute atomic E-state index is 12.4. The van der Waals surface area contributed by atoms with Crippen LogP contribution >= 0.6 is 11.6 Å². The zero-order valence-corrected chi connectivity index (χ0v) is 13.8. The molecule has 1 saturated heterocycles. The van der Waals surface area contributed by atoms with E-state index in [4.69, 9.17) is 16.0 Å². The van der Waals surface area contributed by atoms with Gasteiger partial charge in [-0.3, -0.25) is 9.69 Å². The van der Waals surface area contributed by atoms with E-state index in [-0.39, 0.29) is 11.8 Å². The van der Waals surface area contributed by atoms with Gasteiger partial charge in [-0.05, 0) is 43.1 Å². The minimum atomic E-state index is 0.0289. The van der Waals surface area contributed by atoms with Crippen LogP contribution in [-0.2, 0) is 17.9 Å². The second kappa shape index (κ2) is 7.66. The quantitative estimate of drug-likeness (QED) is 0.912. The SMILES string of the molecule is O=C(NCc1ccco1)C1CCCN(Cc2ccccc2Cl)C1. The fraction of sp³-hybridized carbons (Fsp3) is 0.389. The molecular weight excluding hydrogens is 312 g/mol. The zero-order valence-electron chi connectivity index (χ0n) is 13.0. The molecule has 1 aliphatic heterocycles. The zero-order chi connectivity index (χ0) is 16.1. The van der Waals surface area contributed by atoms with E-state index in [1.165, 1.54) is 0 Å². The Kier molecular flexibility index (Phi) is 5.36. The van der Waals surface area contributed by atoms with Crippen LogP contribution in [0.2, 0.25) is 5.02 Å². The van der Waals surface area contributed by atoms with Gasteiger partial charge in [0, 0.05) is 18.1 Å². The molecule has 1 aromatic carbocycles. The highest BCUT2D eigenvalue weighted by Gasteiger charge is 2.26. The summed E-state index contributed by atoms with van der Waals surface area (Å²) in [6, 6.07) is 11.6. The first-order valence-corrected chi connectivity index (χ1v) is 8.36. The number of hydrogen-bond donors (Lipinski definition) is 1. The Bertz CT molecular complexity index is 642. The van der Waals surface area contributed by atoms with Crippen LogP contribution in [0.3, 0.4) is 0 Å². The maximum Gasteiger partial charge on any atom is 0.224 e. The van der Waals surface area contributed by atoms with Gasteiger partial charge in [-0.2, -0.15) is 0 Å². The molecule has 1 unspecified atom stereocenters. The van der Waals surface area contributed by atoms with Crippen LogP contribution in [0.15, 0.2) is 47.1 Å². The van der Waals surface area contributed by atoms with E-state index in [2.05, 4.69) is 10.2 Å². The number of piperidine rings is 1. The normalized spacial score (nSPS) is 18.7. The van der Waals surface area contributed by atoms with Crippen molar-refractivity contribution in [3.63, 3.8) is 0 Å². The van der Waals surface area contributed by atoms with Gasteiger partial charge >= 0.3 is 0 Å². The smallest absolute Gasteiger partial charge is 0.224 e. The van der Waals surface area contributed by atoms with E-state index in [1.54, 1.807) is 6.26 Å². The highest BCUT2D eigenvalue weighted by atomic mass is 35.5. The van der Waals surface area contributed by atoms with Gasteiger partial charge < -0.3 is 9.73 Å². The summed E-state index contributed by atoms with van der Waals surface area (Å²) in [4.78, 5) is 14.7. The van der Waals surface area contributed by atoms with Crippen molar-refractivity contribution in [1.29, 1.82) is 0 Å². The first-order valence-electron chi connectivity index (χ1n) is 7.98. The summed E-state index contributed by atoms with van der Waals surface area (Å²) in [6.07, 6.45) is 3.58. The van der Waals surface area contributed by atoms with Crippen LogP contribution in [0, 0.1) is 5.92 Å². The lowest BCUT2D eigenvalue weighted by molar-refractivity contribution is -0.127. The van der Waals surface area contributed by atoms with Crippen molar-refractivity contribution in [1.82, 2.24) is 10.2 Å². The summed E-state index contributed by atoms with van der Waals surface area (Å²) < 4.78 is 5.24. The van der Waals surface area contributed by atoms with Gasteiger partial charge in [-0.1, -0.05) is 29.8 Å². The summed E-state index contributed by atoms with van der Waals surface area (Å²) in [5, 5.41) is 3.75. The second-order valence-electron chi connectivity index (χ2n) is 5.96. The largest absolute Gasteiger partial charge is 0.467 e. The van der Waals surface area contributed by atoms with Crippen LogP contribution in [0.4, 0.5) is 0 Å². The first kappa shape index (κ1) is 16.1. The Balaban J connectivity index is 1.53. The van der Waals surface area contributed by atoms with Crippen molar-refractivity contribution in [3.05, 3.63) is 59.0 Å². The Morgan fingerprint density at radius 2 is 2.17 bits per heavy atom. The van der Waals surface area contributed by atoms with Gasteiger partial charge in [-0.15, -0.1) is 0 Å². The predicted molar refractivity (Wildman–Crippen MR) is 90.0 cm³/mol. The molecule has 122 valence electrons. The average Bonchev–Trinajstić information content (AvgIpc) is 3.08. The molecule has 1 amide bonds. The molecule has 23 heavy (non-hydrogen) atoms. The van der Waals surface area contributed by atoms with Gasteiger partial charge in [0.2, 0.25) is 5.91 Å². The lowest BCUT2D eigenvalue weighted by Crippen LogP contribution is -2.42. The highest BCUT2D eigenvalue weighted by Crippen LogP contribution is 2.22. The lowest BCUT2D eigenvalue weighted by Gasteiger charge is -2.32. The molecule has 5 heteroatoms. The third-order valence-electron chi connectivity index (χ3n) is 4.25. The third kappa shape index (κ3) is 4.36. The van der Waals surface area contributed by atoms with Crippen LogP contribution in [0.1, 0.15) is 24.2 Å². The van der Waals surface area contributed by atoms with E-state index in [0.717, 1.165) is 48.8 Å². The number of nitrogens with zero attached hydrogens (tertiary/aromatic N) is 1. The molecule has 1 aromatic heterocycles.